The molecule has 27 heavy (non-hydrogen) atoms. The lowest BCUT2D eigenvalue weighted by molar-refractivity contribution is -0.145. The second-order valence-electron chi connectivity index (χ2n) is 6.13. The van der Waals surface area contributed by atoms with Gasteiger partial charge in [-0.2, -0.15) is 0 Å². The van der Waals surface area contributed by atoms with Gasteiger partial charge < -0.3 is 14.5 Å². The molecule has 1 N–H and O–H groups in total. The molecule has 0 aliphatic rings. The van der Waals surface area contributed by atoms with Crippen molar-refractivity contribution in [3.05, 3.63) is 52.8 Å². The first-order valence-corrected chi connectivity index (χ1v) is 9.38. The zero-order valence-electron chi connectivity index (χ0n) is 16.0. The molecule has 0 aliphatic heterocycles. The number of carbonyl (C=O) groups excluding carboxylic acids is 3. The molecule has 0 unspecified atom stereocenters. The zero-order valence-corrected chi connectivity index (χ0v) is 16.8. The van der Waals surface area contributed by atoms with Crippen molar-refractivity contribution >= 4 is 29.5 Å². The maximum Gasteiger partial charge on any atom is 0.339 e. The fourth-order valence-corrected chi connectivity index (χ4v) is 3.56. The normalized spacial score (nSPS) is 12.9. The first-order valence-electron chi connectivity index (χ1n) is 8.50. The van der Waals surface area contributed by atoms with Gasteiger partial charge in [0.2, 0.25) is 5.78 Å². The number of thioether (sulfide) groups is 1. The first-order chi connectivity index (χ1) is 12.8. The van der Waals surface area contributed by atoms with Crippen LogP contribution in [-0.4, -0.2) is 41.2 Å². The Kier molecular flexibility index (Phi) is 6.85. The van der Waals surface area contributed by atoms with Crippen molar-refractivity contribution in [3.8, 4) is 0 Å². The molecule has 0 saturated carbocycles. The highest BCUT2D eigenvalue weighted by molar-refractivity contribution is 8.00. The van der Waals surface area contributed by atoms with Crippen molar-refractivity contribution in [3.63, 3.8) is 0 Å². The zero-order chi connectivity index (χ0) is 20.1. The van der Waals surface area contributed by atoms with Crippen LogP contribution in [0.5, 0.6) is 0 Å². The van der Waals surface area contributed by atoms with Crippen LogP contribution >= 0.6 is 11.8 Å². The topological polar surface area (TPSA) is 85.5 Å². The highest BCUT2D eigenvalue weighted by Crippen LogP contribution is 2.25. The van der Waals surface area contributed by atoms with E-state index < -0.39 is 29.1 Å². The van der Waals surface area contributed by atoms with Crippen LogP contribution in [0.15, 0.2) is 35.2 Å². The van der Waals surface area contributed by atoms with Crippen LogP contribution < -0.4 is 0 Å². The Bertz CT molecular complexity index is 844. The van der Waals surface area contributed by atoms with E-state index in [9.17, 15) is 14.4 Å². The molecule has 1 aromatic carbocycles. The molecule has 2 atom stereocenters. The largest absolute Gasteiger partial charge is 0.465 e. The van der Waals surface area contributed by atoms with Crippen molar-refractivity contribution in [1.82, 2.24) is 4.98 Å². The summed E-state index contributed by atoms with van der Waals surface area (Å²) in [7, 11) is 1.28. The van der Waals surface area contributed by atoms with E-state index in [0.717, 1.165) is 4.90 Å². The average Bonchev–Trinajstić information content (AvgIpc) is 2.95. The second kappa shape index (κ2) is 8.90. The Morgan fingerprint density at radius 3 is 2.30 bits per heavy atom. The van der Waals surface area contributed by atoms with Crippen LogP contribution in [0, 0.1) is 13.8 Å². The van der Waals surface area contributed by atoms with Crippen LogP contribution in [0.2, 0.25) is 0 Å². The van der Waals surface area contributed by atoms with Gasteiger partial charge in [-0.25, -0.2) is 4.79 Å². The molecule has 1 heterocycles. The lowest BCUT2D eigenvalue weighted by Gasteiger charge is -2.16. The number of hydrogen-bond donors (Lipinski definition) is 1. The fraction of sp³-hybridized carbons (Fsp3) is 0.350. The van der Waals surface area contributed by atoms with Gasteiger partial charge in [0.15, 0.2) is 6.10 Å². The molecular weight excluding hydrogens is 366 g/mol. The third kappa shape index (κ3) is 4.80. The summed E-state index contributed by atoms with van der Waals surface area (Å²) in [5.74, 6) is -1.38. The van der Waals surface area contributed by atoms with Crippen molar-refractivity contribution in [2.24, 2.45) is 0 Å². The van der Waals surface area contributed by atoms with E-state index in [0.29, 0.717) is 16.8 Å². The van der Waals surface area contributed by atoms with Crippen LogP contribution in [0.3, 0.4) is 0 Å². The number of rotatable bonds is 7. The van der Waals surface area contributed by atoms with Crippen molar-refractivity contribution in [1.29, 1.82) is 0 Å². The van der Waals surface area contributed by atoms with Crippen LogP contribution in [0.1, 0.15) is 46.0 Å². The number of methoxy groups -OCH3 is 1. The van der Waals surface area contributed by atoms with Gasteiger partial charge in [-0.05, 0) is 45.4 Å². The van der Waals surface area contributed by atoms with E-state index in [1.165, 1.54) is 25.8 Å². The van der Waals surface area contributed by atoms with E-state index in [2.05, 4.69) is 4.98 Å². The summed E-state index contributed by atoms with van der Waals surface area (Å²) in [4.78, 5) is 40.7. The molecule has 0 amide bonds. The molecule has 2 aromatic rings. The number of Topliss-reactive ketones (excluding diaryl/α,β-unsaturated/α-hetero) is 1. The molecule has 1 aromatic heterocycles. The molecule has 0 radical (unpaired) electrons. The highest BCUT2D eigenvalue weighted by atomic mass is 32.2. The van der Waals surface area contributed by atoms with Gasteiger partial charge in [0.1, 0.15) is 5.25 Å². The third-order valence-electron chi connectivity index (χ3n) is 4.12. The maximum absolute atomic E-state index is 12.7. The Labute approximate surface area is 162 Å². The predicted octanol–water partition coefficient (Wildman–Crippen LogP) is 3.71. The molecule has 2 rings (SSSR count). The third-order valence-corrected chi connectivity index (χ3v) is 5.21. The molecule has 0 fully saturated rings. The number of aryl methyl sites for hydroxylation is 1. The van der Waals surface area contributed by atoms with Crippen molar-refractivity contribution in [2.75, 3.05) is 7.11 Å². The summed E-state index contributed by atoms with van der Waals surface area (Å²) < 4.78 is 10.1. The van der Waals surface area contributed by atoms with Gasteiger partial charge in [0.25, 0.3) is 0 Å². The minimum absolute atomic E-state index is 0.247. The summed E-state index contributed by atoms with van der Waals surface area (Å²) in [6.07, 6.45) is -0.974. The maximum atomic E-state index is 12.7. The van der Waals surface area contributed by atoms with Crippen molar-refractivity contribution in [2.45, 2.75) is 43.9 Å². The molecular formula is C20H23NO5S. The summed E-state index contributed by atoms with van der Waals surface area (Å²) in [5.41, 5.74) is 1.59. The minimum Gasteiger partial charge on any atom is -0.465 e. The second-order valence-corrected chi connectivity index (χ2v) is 7.55. The summed E-state index contributed by atoms with van der Waals surface area (Å²) in [6.45, 7) is 6.60. The molecule has 0 saturated heterocycles. The highest BCUT2D eigenvalue weighted by Gasteiger charge is 2.28. The molecule has 0 bridgehead atoms. The minimum atomic E-state index is -0.974. The predicted molar refractivity (Wildman–Crippen MR) is 103 cm³/mol. The number of benzene rings is 1. The monoisotopic (exact) mass is 389 g/mol. The number of ether oxygens (including phenoxy) is 2. The number of hydrogen-bond acceptors (Lipinski definition) is 6. The number of nitrogens with one attached hydrogen (secondary N) is 1. The van der Waals surface area contributed by atoms with Gasteiger partial charge >= 0.3 is 11.9 Å². The summed E-state index contributed by atoms with van der Waals surface area (Å²) in [6, 6.07) is 9.49. The smallest absolute Gasteiger partial charge is 0.339 e. The Morgan fingerprint density at radius 1 is 1.07 bits per heavy atom. The van der Waals surface area contributed by atoms with Gasteiger partial charge in [-0.1, -0.05) is 18.2 Å². The van der Waals surface area contributed by atoms with Crippen LogP contribution in [0.4, 0.5) is 0 Å². The first kappa shape index (κ1) is 20.8. The van der Waals surface area contributed by atoms with E-state index in [1.807, 2.05) is 30.3 Å². The molecule has 7 heteroatoms. The lowest BCUT2D eigenvalue weighted by Crippen LogP contribution is -2.29. The van der Waals surface area contributed by atoms with E-state index in [4.69, 9.17) is 9.47 Å². The summed E-state index contributed by atoms with van der Waals surface area (Å²) >= 11 is 1.36. The van der Waals surface area contributed by atoms with Gasteiger partial charge in [0, 0.05) is 10.6 Å². The Balaban J connectivity index is 2.07. The quantitative estimate of drug-likeness (QED) is 0.441. The molecule has 0 spiro atoms. The average molecular weight is 389 g/mol. The van der Waals surface area contributed by atoms with Crippen LogP contribution in [-0.2, 0) is 14.3 Å². The number of H-pyrrole nitrogens is 1. The summed E-state index contributed by atoms with van der Waals surface area (Å²) in [5, 5.41) is -0.459. The number of aromatic nitrogens is 1. The molecule has 0 aliphatic carbocycles. The number of aromatic amines is 1. The Hall–Kier alpha value is -2.54. The lowest BCUT2D eigenvalue weighted by atomic mass is 10.1. The number of ketones is 1. The molecule has 6 nitrogen and oxygen atoms in total. The number of carbonyl (C=O) groups is 3. The fourth-order valence-electron chi connectivity index (χ4n) is 2.68. The van der Waals surface area contributed by atoms with E-state index >= 15 is 0 Å². The Morgan fingerprint density at radius 2 is 1.70 bits per heavy atom. The standard InChI is InChI=1S/C20H23NO5S/c1-11-16(20(24)25-5)12(2)21-17(11)18(22)13(3)26-19(23)14(4)27-15-9-7-6-8-10-15/h6-10,13-14,21H,1-5H3/t13-,14+/m0/s1. The number of esters is 2. The van der Waals surface area contributed by atoms with Crippen molar-refractivity contribution < 1.29 is 23.9 Å². The van der Waals surface area contributed by atoms with Gasteiger partial charge in [-0.15, -0.1) is 11.8 Å². The van der Waals surface area contributed by atoms with E-state index in [-0.39, 0.29) is 5.69 Å². The SMILES string of the molecule is COC(=O)c1c(C)[nH]c(C(=O)[C@H](C)OC(=O)[C@@H](C)Sc2ccccc2)c1C. The van der Waals surface area contributed by atoms with Crippen LogP contribution in [0.25, 0.3) is 0 Å². The van der Waals surface area contributed by atoms with Gasteiger partial charge in [-0.3, -0.25) is 9.59 Å². The van der Waals surface area contributed by atoms with Gasteiger partial charge in [0.05, 0.1) is 18.4 Å². The molecule has 144 valence electrons. The van der Waals surface area contributed by atoms with E-state index in [1.54, 1.807) is 20.8 Å².